The maximum Gasteiger partial charge on any atom is 0.163 e. The third kappa shape index (κ3) is 2.55. The largest absolute Gasteiger partial charge is 0.371 e. The van der Waals surface area contributed by atoms with Crippen molar-refractivity contribution in [2.24, 2.45) is 7.05 Å². The number of hydrogen-bond donors (Lipinski definition) is 1. The molecule has 1 aromatic carbocycles. The normalized spacial score (nSPS) is 17.2. The molecule has 118 valence electrons. The van der Waals surface area contributed by atoms with Crippen LogP contribution in [0.3, 0.4) is 0 Å². The zero-order valence-electron chi connectivity index (χ0n) is 13.3. The number of nitrogens with zero attached hydrogens (tertiary/aromatic N) is 4. The van der Waals surface area contributed by atoms with Crippen LogP contribution in [0.15, 0.2) is 30.5 Å². The van der Waals surface area contributed by atoms with E-state index in [9.17, 15) is 0 Å². The molecule has 4 rings (SSSR count). The van der Waals surface area contributed by atoms with Crippen LogP contribution in [-0.2, 0) is 18.2 Å². The topological polar surface area (TPSA) is 64.9 Å². The van der Waals surface area contributed by atoms with Crippen LogP contribution in [0.2, 0.25) is 0 Å². The van der Waals surface area contributed by atoms with Gasteiger partial charge in [0.15, 0.2) is 5.65 Å². The summed E-state index contributed by atoms with van der Waals surface area (Å²) in [5.74, 6) is 1.54. The first kappa shape index (κ1) is 14.1. The number of ether oxygens (including phenoxy) is 1. The summed E-state index contributed by atoms with van der Waals surface area (Å²) in [6, 6.07) is 8.47. The van der Waals surface area contributed by atoms with Gasteiger partial charge in [-0.1, -0.05) is 24.3 Å². The second kappa shape index (κ2) is 5.62. The summed E-state index contributed by atoms with van der Waals surface area (Å²) in [5.41, 5.74) is 3.47. The van der Waals surface area contributed by atoms with Crippen molar-refractivity contribution in [2.45, 2.75) is 19.4 Å². The minimum atomic E-state index is 0.0435. The molecule has 6 heteroatoms. The van der Waals surface area contributed by atoms with E-state index in [-0.39, 0.29) is 6.10 Å². The third-order valence-corrected chi connectivity index (χ3v) is 4.25. The fourth-order valence-electron chi connectivity index (χ4n) is 3.10. The molecule has 6 nitrogen and oxygen atoms in total. The molecule has 1 atom stereocenters. The molecule has 0 unspecified atom stereocenters. The molecule has 0 saturated carbocycles. The van der Waals surface area contributed by atoms with Crippen LogP contribution in [0.25, 0.3) is 11.0 Å². The van der Waals surface area contributed by atoms with Crippen molar-refractivity contribution in [1.29, 1.82) is 0 Å². The minimum Gasteiger partial charge on any atom is -0.371 e. The zero-order chi connectivity index (χ0) is 15.8. The molecule has 0 bridgehead atoms. The van der Waals surface area contributed by atoms with Gasteiger partial charge in [0.25, 0.3) is 0 Å². The van der Waals surface area contributed by atoms with E-state index < -0.39 is 0 Å². The van der Waals surface area contributed by atoms with E-state index in [0.717, 1.165) is 35.7 Å². The molecule has 3 heterocycles. The predicted octanol–water partition coefficient (Wildman–Crippen LogP) is 2.40. The lowest BCUT2D eigenvalue weighted by Gasteiger charge is -2.26. The number of nitrogens with one attached hydrogen (secondary N) is 1. The summed E-state index contributed by atoms with van der Waals surface area (Å²) in [7, 11) is 1.89. The molecule has 0 aliphatic carbocycles. The Morgan fingerprint density at radius 3 is 3.09 bits per heavy atom. The van der Waals surface area contributed by atoms with Crippen molar-refractivity contribution < 1.29 is 4.74 Å². The van der Waals surface area contributed by atoms with Gasteiger partial charge in [0.1, 0.15) is 11.6 Å². The first-order valence-electron chi connectivity index (χ1n) is 7.82. The van der Waals surface area contributed by atoms with E-state index in [1.165, 1.54) is 11.1 Å². The second-order valence-electron chi connectivity index (χ2n) is 5.81. The van der Waals surface area contributed by atoms with E-state index >= 15 is 0 Å². The maximum atomic E-state index is 5.95. The Bertz CT molecular complexity index is 857. The molecule has 2 aromatic heterocycles. The molecule has 3 aromatic rings. The van der Waals surface area contributed by atoms with Crippen molar-refractivity contribution in [2.75, 3.05) is 18.5 Å². The standard InChI is InChI=1S/C17H19N5O/c1-11-20-16(14-9-19-22(2)17(14)21-11)18-10-15-13-6-4-3-5-12(13)7-8-23-15/h3-6,9,15H,7-8,10H2,1-2H3,(H,18,20,21)/t15-/m1/s1. The Morgan fingerprint density at radius 1 is 1.30 bits per heavy atom. The molecule has 0 saturated heterocycles. The lowest BCUT2D eigenvalue weighted by Crippen LogP contribution is -2.23. The summed E-state index contributed by atoms with van der Waals surface area (Å²) >= 11 is 0. The molecule has 1 N–H and O–H groups in total. The average molecular weight is 309 g/mol. The van der Waals surface area contributed by atoms with Gasteiger partial charge >= 0.3 is 0 Å². The van der Waals surface area contributed by atoms with Gasteiger partial charge in [-0.3, -0.25) is 4.68 Å². The number of hydrogen-bond acceptors (Lipinski definition) is 5. The molecule has 1 aliphatic rings. The van der Waals surface area contributed by atoms with Gasteiger partial charge < -0.3 is 10.1 Å². The lowest BCUT2D eigenvalue weighted by atomic mass is 9.97. The summed E-state index contributed by atoms with van der Waals surface area (Å²) in [6.45, 7) is 3.33. The Morgan fingerprint density at radius 2 is 2.17 bits per heavy atom. The van der Waals surface area contributed by atoms with Gasteiger partial charge in [0, 0.05) is 13.6 Å². The van der Waals surface area contributed by atoms with Crippen LogP contribution in [0.4, 0.5) is 5.82 Å². The molecule has 0 fully saturated rings. The Kier molecular flexibility index (Phi) is 3.46. The van der Waals surface area contributed by atoms with E-state index in [4.69, 9.17) is 4.74 Å². The molecule has 0 amide bonds. The number of benzene rings is 1. The first-order valence-corrected chi connectivity index (χ1v) is 7.82. The molecule has 1 aliphatic heterocycles. The SMILES string of the molecule is Cc1nc(NC[C@H]2OCCc3ccccc32)c2cnn(C)c2n1. The molecule has 0 spiro atoms. The van der Waals surface area contributed by atoms with Crippen molar-refractivity contribution in [3.05, 3.63) is 47.4 Å². The quantitative estimate of drug-likeness (QED) is 0.805. The van der Waals surface area contributed by atoms with E-state index in [0.29, 0.717) is 6.54 Å². The summed E-state index contributed by atoms with van der Waals surface area (Å²) in [6.07, 6.45) is 2.82. The van der Waals surface area contributed by atoms with Crippen LogP contribution in [-0.4, -0.2) is 32.9 Å². The van der Waals surface area contributed by atoms with Gasteiger partial charge in [0.05, 0.1) is 24.3 Å². The number of aryl methyl sites for hydroxylation is 2. The Labute approximate surface area is 134 Å². The smallest absolute Gasteiger partial charge is 0.163 e. The second-order valence-corrected chi connectivity index (χ2v) is 5.81. The van der Waals surface area contributed by atoms with Gasteiger partial charge in [0.2, 0.25) is 0 Å². The zero-order valence-corrected chi connectivity index (χ0v) is 13.3. The van der Waals surface area contributed by atoms with E-state index in [1.807, 2.05) is 14.0 Å². The van der Waals surface area contributed by atoms with Crippen molar-refractivity contribution in [3.63, 3.8) is 0 Å². The summed E-state index contributed by atoms with van der Waals surface area (Å²) in [4.78, 5) is 8.97. The first-order chi connectivity index (χ1) is 11.2. The fraction of sp³-hybridized carbons (Fsp3) is 0.353. The number of rotatable bonds is 3. The van der Waals surface area contributed by atoms with E-state index in [1.54, 1.807) is 10.9 Å². The predicted molar refractivity (Wildman–Crippen MR) is 88.4 cm³/mol. The van der Waals surface area contributed by atoms with Crippen molar-refractivity contribution in [1.82, 2.24) is 19.7 Å². The van der Waals surface area contributed by atoms with Gasteiger partial charge in [-0.15, -0.1) is 0 Å². The number of fused-ring (bicyclic) bond motifs is 2. The average Bonchev–Trinajstić information content (AvgIpc) is 2.94. The van der Waals surface area contributed by atoms with Crippen LogP contribution in [0.5, 0.6) is 0 Å². The Balaban J connectivity index is 1.61. The van der Waals surface area contributed by atoms with Crippen molar-refractivity contribution in [3.8, 4) is 0 Å². The highest BCUT2D eigenvalue weighted by Crippen LogP contribution is 2.28. The minimum absolute atomic E-state index is 0.0435. The van der Waals surface area contributed by atoms with Gasteiger partial charge in [-0.2, -0.15) is 5.10 Å². The van der Waals surface area contributed by atoms with Crippen LogP contribution in [0, 0.1) is 6.92 Å². The Hall–Kier alpha value is -2.47. The van der Waals surface area contributed by atoms with Crippen molar-refractivity contribution >= 4 is 16.9 Å². The number of anilines is 1. The maximum absolute atomic E-state index is 5.95. The van der Waals surface area contributed by atoms with Crippen LogP contribution >= 0.6 is 0 Å². The summed E-state index contributed by atoms with van der Waals surface area (Å²) in [5, 5.41) is 8.63. The third-order valence-electron chi connectivity index (χ3n) is 4.25. The van der Waals surface area contributed by atoms with Gasteiger partial charge in [-0.25, -0.2) is 9.97 Å². The van der Waals surface area contributed by atoms with Crippen LogP contribution < -0.4 is 5.32 Å². The highest BCUT2D eigenvalue weighted by atomic mass is 16.5. The highest BCUT2D eigenvalue weighted by Gasteiger charge is 2.21. The monoisotopic (exact) mass is 309 g/mol. The lowest BCUT2D eigenvalue weighted by molar-refractivity contribution is 0.0513. The fourth-order valence-corrected chi connectivity index (χ4v) is 3.10. The molecular formula is C17H19N5O. The summed E-state index contributed by atoms with van der Waals surface area (Å²) < 4.78 is 7.71. The number of aromatic nitrogens is 4. The van der Waals surface area contributed by atoms with E-state index in [2.05, 4.69) is 44.6 Å². The highest BCUT2D eigenvalue weighted by molar-refractivity contribution is 5.86. The van der Waals surface area contributed by atoms with Gasteiger partial charge in [-0.05, 0) is 24.5 Å². The molecular weight excluding hydrogens is 290 g/mol. The molecule has 23 heavy (non-hydrogen) atoms. The molecule has 0 radical (unpaired) electrons. The van der Waals surface area contributed by atoms with Crippen LogP contribution in [0.1, 0.15) is 23.1 Å².